The molecule has 2 aromatic rings. The van der Waals surface area contributed by atoms with Gasteiger partial charge < -0.3 is 14.6 Å². The monoisotopic (exact) mass is 318 g/mol. The molecule has 1 aromatic carbocycles. The zero-order valence-corrected chi connectivity index (χ0v) is 13.2. The van der Waals surface area contributed by atoms with Crippen LogP contribution in [0.2, 0.25) is 0 Å². The summed E-state index contributed by atoms with van der Waals surface area (Å²) in [6, 6.07) is 7.59. The number of para-hydroxylation sites is 2. The molecule has 23 heavy (non-hydrogen) atoms. The third kappa shape index (κ3) is 3.62. The Labute approximate surface area is 135 Å². The minimum atomic E-state index is -0.935. The van der Waals surface area contributed by atoms with E-state index in [4.69, 9.17) is 9.47 Å². The fourth-order valence-corrected chi connectivity index (χ4v) is 2.97. The molecule has 1 saturated heterocycles. The van der Waals surface area contributed by atoms with Crippen LogP contribution in [0.15, 0.2) is 30.5 Å². The summed E-state index contributed by atoms with van der Waals surface area (Å²) in [5.41, 5.74) is -0.330. The number of nitrogens with one attached hydrogen (secondary N) is 1. The topological polar surface area (TPSA) is 83.5 Å². The summed E-state index contributed by atoms with van der Waals surface area (Å²) in [5.74, 6) is 1.46. The summed E-state index contributed by atoms with van der Waals surface area (Å²) in [7, 11) is 1.63. The molecule has 2 N–H and O–H groups in total. The Hall–Kier alpha value is -2.12. The molecule has 1 aliphatic heterocycles. The van der Waals surface area contributed by atoms with E-state index < -0.39 is 5.60 Å². The van der Waals surface area contributed by atoms with Gasteiger partial charge in [-0.1, -0.05) is 12.1 Å². The van der Waals surface area contributed by atoms with Crippen LogP contribution in [0, 0.1) is 0 Å². The van der Waals surface area contributed by atoms with Gasteiger partial charge in [-0.2, -0.15) is 15.4 Å². The molecule has 1 atom stereocenters. The number of likely N-dealkylation sites (tertiary alicyclic amines) is 1. The number of benzene rings is 1. The van der Waals surface area contributed by atoms with Crippen molar-refractivity contribution < 1.29 is 14.6 Å². The predicted octanol–water partition coefficient (Wildman–Crippen LogP) is 1.18. The van der Waals surface area contributed by atoms with Crippen molar-refractivity contribution in [2.75, 3.05) is 33.4 Å². The number of ether oxygens (including phenoxy) is 2. The lowest BCUT2D eigenvalue weighted by molar-refractivity contribution is -0.0413. The van der Waals surface area contributed by atoms with Gasteiger partial charge in [-0.15, -0.1) is 0 Å². The Bertz CT molecular complexity index is 620. The Balaban J connectivity index is 1.54. The zero-order valence-electron chi connectivity index (χ0n) is 13.2. The van der Waals surface area contributed by atoms with Crippen LogP contribution >= 0.6 is 0 Å². The first-order valence-corrected chi connectivity index (χ1v) is 7.78. The van der Waals surface area contributed by atoms with E-state index in [1.54, 1.807) is 13.3 Å². The van der Waals surface area contributed by atoms with Crippen LogP contribution in [0.4, 0.5) is 0 Å². The Morgan fingerprint density at radius 1 is 1.35 bits per heavy atom. The average Bonchev–Trinajstić information content (AvgIpc) is 3.11. The molecule has 0 aliphatic carbocycles. The highest BCUT2D eigenvalue weighted by atomic mass is 16.5. The highest BCUT2D eigenvalue weighted by molar-refractivity contribution is 5.39. The predicted molar refractivity (Wildman–Crippen MR) is 84.4 cm³/mol. The van der Waals surface area contributed by atoms with Gasteiger partial charge in [-0.25, -0.2) is 0 Å². The lowest BCUT2D eigenvalue weighted by atomic mass is 9.90. The van der Waals surface area contributed by atoms with Gasteiger partial charge in [-0.3, -0.25) is 4.90 Å². The van der Waals surface area contributed by atoms with E-state index in [2.05, 4.69) is 20.3 Å². The summed E-state index contributed by atoms with van der Waals surface area (Å²) < 4.78 is 11.1. The first-order chi connectivity index (χ1) is 11.2. The largest absolute Gasteiger partial charge is 0.493 e. The highest BCUT2D eigenvalue weighted by Crippen LogP contribution is 2.30. The number of H-pyrrole nitrogens is 1. The fourth-order valence-electron chi connectivity index (χ4n) is 2.97. The van der Waals surface area contributed by atoms with Gasteiger partial charge in [0, 0.05) is 13.1 Å². The van der Waals surface area contributed by atoms with Gasteiger partial charge >= 0.3 is 0 Å². The third-order valence-corrected chi connectivity index (χ3v) is 4.18. The molecule has 0 amide bonds. The Morgan fingerprint density at radius 3 is 2.91 bits per heavy atom. The van der Waals surface area contributed by atoms with E-state index >= 15 is 0 Å². The van der Waals surface area contributed by atoms with E-state index in [-0.39, 0.29) is 0 Å². The molecule has 0 unspecified atom stereocenters. The molecule has 2 heterocycles. The Morgan fingerprint density at radius 2 is 2.17 bits per heavy atom. The maximum Gasteiger partial charge on any atom is 0.161 e. The van der Waals surface area contributed by atoms with E-state index in [1.807, 2.05) is 24.3 Å². The Kier molecular flexibility index (Phi) is 4.78. The van der Waals surface area contributed by atoms with Crippen LogP contribution in [-0.2, 0) is 5.60 Å². The molecule has 0 spiro atoms. The molecule has 1 aliphatic rings. The van der Waals surface area contributed by atoms with Crippen molar-refractivity contribution in [3.05, 3.63) is 36.2 Å². The van der Waals surface area contributed by atoms with Crippen LogP contribution in [0.5, 0.6) is 11.5 Å². The van der Waals surface area contributed by atoms with Gasteiger partial charge in [0.25, 0.3) is 0 Å². The van der Waals surface area contributed by atoms with Crippen LogP contribution in [0.1, 0.15) is 18.5 Å². The quantitative estimate of drug-likeness (QED) is 0.832. The molecular formula is C16H22N4O3. The third-order valence-electron chi connectivity index (χ3n) is 4.18. The minimum Gasteiger partial charge on any atom is -0.493 e. The number of nitrogens with zero attached hydrogens (tertiary/aromatic N) is 3. The first kappa shape index (κ1) is 15.8. The summed E-state index contributed by atoms with van der Waals surface area (Å²) in [6.45, 7) is 2.75. The summed E-state index contributed by atoms with van der Waals surface area (Å²) in [4.78, 5) is 2.19. The van der Waals surface area contributed by atoms with Crippen molar-refractivity contribution in [2.24, 2.45) is 0 Å². The van der Waals surface area contributed by atoms with Crippen molar-refractivity contribution in [3.8, 4) is 11.5 Å². The molecular weight excluding hydrogens is 296 g/mol. The second-order valence-corrected chi connectivity index (χ2v) is 5.77. The second-order valence-electron chi connectivity index (χ2n) is 5.77. The maximum absolute atomic E-state index is 10.8. The van der Waals surface area contributed by atoms with Gasteiger partial charge in [0.1, 0.15) is 17.9 Å². The molecule has 0 radical (unpaired) electrons. The van der Waals surface area contributed by atoms with Crippen LogP contribution in [-0.4, -0.2) is 58.8 Å². The summed E-state index contributed by atoms with van der Waals surface area (Å²) in [5, 5.41) is 21.2. The standard InChI is InChI=1S/C16H22N4O3/c1-22-13-5-2-3-6-14(13)23-10-9-20-8-4-7-16(21,12-20)15-11-17-19-18-15/h2-3,5-6,11,21H,4,7-10,12H2,1H3,(H,17,18,19)/t16-/m0/s1. The molecule has 1 fully saturated rings. The zero-order chi connectivity index (χ0) is 16.1. The van der Waals surface area contributed by atoms with Crippen molar-refractivity contribution in [3.63, 3.8) is 0 Å². The highest BCUT2D eigenvalue weighted by Gasteiger charge is 2.36. The van der Waals surface area contributed by atoms with Gasteiger partial charge in [0.15, 0.2) is 11.5 Å². The normalized spacial score (nSPS) is 22.0. The smallest absolute Gasteiger partial charge is 0.161 e. The number of piperidine rings is 1. The number of hydrogen-bond acceptors (Lipinski definition) is 6. The SMILES string of the molecule is COc1ccccc1OCCN1CCC[C@@](O)(c2cn[nH]n2)C1. The van der Waals surface area contributed by atoms with Gasteiger partial charge in [0.05, 0.1) is 13.3 Å². The van der Waals surface area contributed by atoms with E-state index in [0.717, 1.165) is 31.0 Å². The summed E-state index contributed by atoms with van der Waals surface area (Å²) in [6.07, 6.45) is 3.20. The molecule has 0 saturated carbocycles. The molecule has 124 valence electrons. The molecule has 7 heteroatoms. The van der Waals surface area contributed by atoms with E-state index in [0.29, 0.717) is 25.3 Å². The van der Waals surface area contributed by atoms with Gasteiger partial charge in [-0.05, 0) is 31.5 Å². The number of rotatable bonds is 6. The molecule has 1 aromatic heterocycles. The summed E-state index contributed by atoms with van der Waals surface area (Å²) >= 11 is 0. The number of aliphatic hydroxyl groups is 1. The van der Waals surface area contributed by atoms with Crippen LogP contribution in [0.25, 0.3) is 0 Å². The number of aromatic amines is 1. The van der Waals surface area contributed by atoms with Crippen LogP contribution in [0.3, 0.4) is 0 Å². The van der Waals surface area contributed by atoms with E-state index in [9.17, 15) is 5.11 Å². The lowest BCUT2D eigenvalue weighted by Crippen LogP contribution is -2.47. The molecule has 0 bridgehead atoms. The van der Waals surface area contributed by atoms with Crippen molar-refractivity contribution in [1.82, 2.24) is 20.3 Å². The molecule has 3 rings (SSSR count). The van der Waals surface area contributed by atoms with Crippen molar-refractivity contribution in [1.29, 1.82) is 0 Å². The van der Waals surface area contributed by atoms with Gasteiger partial charge in [0.2, 0.25) is 0 Å². The van der Waals surface area contributed by atoms with Crippen LogP contribution < -0.4 is 9.47 Å². The maximum atomic E-state index is 10.8. The number of hydrogen-bond donors (Lipinski definition) is 2. The first-order valence-electron chi connectivity index (χ1n) is 7.78. The lowest BCUT2D eigenvalue weighted by Gasteiger charge is -2.37. The molecule has 7 nitrogen and oxygen atoms in total. The average molecular weight is 318 g/mol. The number of aromatic nitrogens is 3. The number of β-amino-alcohol motifs (C(OH)–C–C–N with tert-alkyl or cyclic N) is 1. The van der Waals surface area contributed by atoms with Crippen molar-refractivity contribution in [2.45, 2.75) is 18.4 Å². The second kappa shape index (κ2) is 6.97. The number of methoxy groups -OCH3 is 1. The fraction of sp³-hybridized carbons (Fsp3) is 0.500. The van der Waals surface area contributed by atoms with Crippen molar-refractivity contribution >= 4 is 0 Å². The minimum absolute atomic E-state index is 0.537. The van der Waals surface area contributed by atoms with E-state index in [1.165, 1.54) is 0 Å².